The lowest BCUT2D eigenvalue weighted by molar-refractivity contribution is 0.0997. The normalized spacial score (nSPS) is 10.9. The van der Waals surface area contributed by atoms with Crippen LogP contribution in [0.3, 0.4) is 0 Å². The Hall–Kier alpha value is -3.47. The number of carbonyl (C=O) groups excluding carboxylic acids is 1. The fourth-order valence-corrected chi connectivity index (χ4v) is 3.26. The minimum atomic E-state index is -0.334. The van der Waals surface area contributed by atoms with Crippen molar-refractivity contribution < 1.29 is 18.7 Å². The highest BCUT2D eigenvalue weighted by atomic mass is 16.5. The van der Waals surface area contributed by atoms with Crippen LogP contribution >= 0.6 is 0 Å². The zero-order valence-corrected chi connectivity index (χ0v) is 15.3. The Kier molecular flexibility index (Phi) is 4.20. The topological polar surface area (TPSA) is 60.7 Å². The van der Waals surface area contributed by atoms with Crippen LogP contribution in [0, 0.1) is 6.92 Å². The molecule has 1 N–H and O–H groups in total. The molecule has 1 amide bonds. The van der Waals surface area contributed by atoms with E-state index < -0.39 is 0 Å². The molecule has 4 aromatic rings. The van der Waals surface area contributed by atoms with Crippen molar-refractivity contribution in [3.8, 4) is 11.5 Å². The van der Waals surface area contributed by atoms with E-state index in [9.17, 15) is 4.79 Å². The van der Waals surface area contributed by atoms with E-state index in [-0.39, 0.29) is 11.7 Å². The Morgan fingerprint density at radius 2 is 1.78 bits per heavy atom. The number of rotatable bonds is 4. The lowest BCUT2D eigenvalue weighted by Crippen LogP contribution is -2.13. The number of ether oxygens (including phenoxy) is 2. The second-order valence-electron chi connectivity index (χ2n) is 6.24. The van der Waals surface area contributed by atoms with E-state index in [0.717, 1.165) is 21.7 Å². The number of furan rings is 1. The van der Waals surface area contributed by atoms with Gasteiger partial charge in [-0.1, -0.05) is 36.4 Å². The molecule has 1 aromatic heterocycles. The van der Waals surface area contributed by atoms with Crippen molar-refractivity contribution in [2.75, 3.05) is 19.5 Å². The second kappa shape index (κ2) is 6.68. The molecule has 0 aliphatic heterocycles. The summed E-state index contributed by atoms with van der Waals surface area (Å²) in [4.78, 5) is 12.9. The van der Waals surface area contributed by atoms with Crippen LogP contribution in [0.5, 0.6) is 11.5 Å². The summed E-state index contributed by atoms with van der Waals surface area (Å²) in [7, 11) is 3.12. The highest BCUT2D eigenvalue weighted by Gasteiger charge is 2.20. The average molecular weight is 361 g/mol. The van der Waals surface area contributed by atoms with Gasteiger partial charge in [0.05, 0.1) is 19.9 Å². The third-order valence-electron chi connectivity index (χ3n) is 4.69. The molecule has 0 atom stereocenters. The van der Waals surface area contributed by atoms with Crippen molar-refractivity contribution in [2.45, 2.75) is 6.92 Å². The first-order chi connectivity index (χ1) is 13.1. The maximum atomic E-state index is 12.9. The fraction of sp³-hybridized carbons (Fsp3) is 0.136. The number of aryl methyl sites for hydroxylation is 1. The summed E-state index contributed by atoms with van der Waals surface area (Å²) in [6.45, 7) is 1.89. The molecule has 1 heterocycles. The summed E-state index contributed by atoms with van der Waals surface area (Å²) in [5.41, 5.74) is 2.04. The number of amides is 1. The maximum Gasteiger partial charge on any atom is 0.291 e. The van der Waals surface area contributed by atoms with E-state index in [1.165, 1.54) is 0 Å². The molecule has 4 rings (SSSR count). The van der Waals surface area contributed by atoms with Crippen LogP contribution in [-0.4, -0.2) is 20.1 Å². The number of benzene rings is 3. The molecule has 0 spiro atoms. The van der Waals surface area contributed by atoms with E-state index in [2.05, 4.69) is 5.32 Å². The zero-order valence-electron chi connectivity index (χ0n) is 15.3. The monoisotopic (exact) mass is 361 g/mol. The maximum absolute atomic E-state index is 12.9. The van der Waals surface area contributed by atoms with Crippen molar-refractivity contribution in [3.05, 3.63) is 65.9 Å². The van der Waals surface area contributed by atoms with Gasteiger partial charge in [-0.15, -0.1) is 0 Å². The van der Waals surface area contributed by atoms with E-state index in [1.807, 2.05) is 43.3 Å². The van der Waals surface area contributed by atoms with Gasteiger partial charge in [-0.2, -0.15) is 0 Å². The molecule has 27 heavy (non-hydrogen) atoms. The molecule has 0 radical (unpaired) electrons. The van der Waals surface area contributed by atoms with Crippen LogP contribution in [-0.2, 0) is 0 Å². The third kappa shape index (κ3) is 2.87. The van der Waals surface area contributed by atoms with Crippen molar-refractivity contribution >= 4 is 33.3 Å². The number of anilines is 1. The molecule has 0 aliphatic carbocycles. The Morgan fingerprint density at radius 1 is 0.963 bits per heavy atom. The summed E-state index contributed by atoms with van der Waals surface area (Å²) in [5.74, 6) is 1.12. The summed E-state index contributed by atoms with van der Waals surface area (Å²) in [5, 5.41) is 5.84. The third-order valence-corrected chi connectivity index (χ3v) is 4.69. The quantitative estimate of drug-likeness (QED) is 0.545. The van der Waals surface area contributed by atoms with Gasteiger partial charge in [-0.25, -0.2) is 0 Å². The van der Waals surface area contributed by atoms with Crippen LogP contribution in [0.1, 0.15) is 16.1 Å². The summed E-state index contributed by atoms with van der Waals surface area (Å²) >= 11 is 0. The molecule has 136 valence electrons. The van der Waals surface area contributed by atoms with E-state index in [4.69, 9.17) is 13.9 Å². The standard InChI is InChI=1S/C22H19NO4/c1-13-16-10-8-14-6-4-5-7-17(14)21(16)27-20(13)22(24)23-18-12-15(25-2)9-11-19(18)26-3/h4-12H,1-3H3,(H,23,24). The Morgan fingerprint density at radius 3 is 2.56 bits per heavy atom. The minimum Gasteiger partial charge on any atom is -0.497 e. The van der Waals surface area contributed by atoms with Crippen LogP contribution in [0.2, 0.25) is 0 Å². The number of carbonyl (C=O) groups is 1. The van der Waals surface area contributed by atoms with Crippen molar-refractivity contribution in [2.24, 2.45) is 0 Å². The van der Waals surface area contributed by atoms with Gasteiger partial charge in [0.15, 0.2) is 5.76 Å². The van der Waals surface area contributed by atoms with Gasteiger partial charge in [0, 0.05) is 22.4 Å². The first-order valence-corrected chi connectivity index (χ1v) is 8.56. The van der Waals surface area contributed by atoms with Crippen LogP contribution in [0.15, 0.2) is 59.0 Å². The van der Waals surface area contributed by atoms with Crippen molar-refractivity contribution in [3.63, 3.8) is 0 Å². The van der Waals surface area contributed by atoms with E-state index in [1.54, 1.807) is 32.4 Å². The minimum absolute atomic E-state index is 0.284. The fourth-order valence-electron chi connectivity index (χ4n) is 3.26. The van der Waals surface area contributed by atoms with Crippen molar-refractivity contribution in [1.82, 2.24) is 0 Å². The molecular weight excluding hydrogens is 342 g/mol. The molecule has 0 aliphatic rings. The molecule has 0 bridgehead atoms. The van der Waals surface area contributed by atoms with Gasteiger partial charge in [0.1, 0.15) is 17.1 Å². The molecule has 5 heteroatoms. The van der Waals surface area contributed by atoms with Gasteiger partial charge in [0.2, 0.25) is 0 Å². The van der Waals surface area contributed by atoms with Crippen LogP contribution in [0.4, 0.5) is 5.69 Å². The SMILES string of the molecule is COc1ccc(OC)c(NC(=O)c2oc3c(ccc4ccccc43)c2C)c1. The molecule has 0 saturated carbocycles. The predicted molar refractivity (Wildman–Crippen MR) is 106 cm³/mol. The summed E-state index contributed by atoms with van der Waals surface area (Å²) in [6, 6.07) is 17.2. The Balaban J connectivity index is 1.77. The largest absolute Gasteiger partial charge is 0.497 e. The molecular formula is C22H19NO4. The molecule has 0 saturated heterocycles. The smallest absolute Gasteiger partial charge is 0.291 e. The summed E-state index contributed by atoms with van der Waals surface area (Å²) < 4.78 is 16.6. The lowest BCUT2D eigenvalue weighted by Gasteiger charge is -2.11. The Bertz CT molecular complexity index is 1160. The van der Waals surface area contributed by atoms with Gasteiger partial charge in [0.25, 0.3) is 5.91 Å². The number of nitrogens with one attached hydrogen (secondary N) is 1. The van der Waals surface area contributed by atoms with Gasteiger partial charge in [-0.3, -0.25) is 4.79 Å². The number of fused-ring (bicyclic) bond motifs is 3. The predicted octanol–water partition coefficient (Wildman–Crippen LogP) is 5.16. The number of methoxy groups -OCH3 is 2. The highest BCUT2D eigenvalue weighted by molar-refractivity contribution is 6.11. The van der Waals surface area contributed by atoms with E-state index in [0.29, 0.717) is 22.8 Å². The average Bonchev–Trinajstić information content (AvgIpc) is 3.05. The van der Waals surface area contributed by atoms with Gasteiger partial charge < -0.3 is 19.2 Å². The summed E-state index contributed by atoms with van der Waals surface area (Å²) in [6.07, 6.45) is 0. The Labute approximate surface area is 156 Å². The highest BCUT2D eigenvalue weighted by Crippen LogP contribution is 2.33. The van der Waals surface area contributed by atoms with Crippen LogP contribution in [0.25, 0.3) is 21.7 Å². The van der Waals surface area contributed by atoms with Crippen molar-refractivity contribution in [1.29, 1.82) is 0 Å². The number of hydrogen-bond acceptors (Lipinski definition) is 4. The lowest BCUT2D eigenvalue weighted by atomic mass is 10.1. The van der Waals surface area contributed by atoms with E-state index >= 15 is 0 Å². The molecule has 0 fully saturated rings. The van der Waals surface area contributed by atoms with Gasteiger partial charge >= 0.3 is 0 Å². The first kappa shape index (κ1) is 17.0. The first-order valence-electron chi connectivity index (χ1n) is 8.56. The number of hydrogen-bond donors (Lipinski definition) is 1. The van der Waals surface area contributed by atoms with Crippen LogP contribution < -0.4 is 14.8 Å². The zero-order chi connectivity index (χ0) is 19.0. The molecule has 0 unspecified atom stereocenters. The second-order valence-corrected chi connectivity index (χ2v) is 6.24. The van der Waals surface area contributed by atoms with Gasteiger partial charge in [-0.05, 0) is 24.4 Å². The molecule has 5 nitrogen and oxygen atoms in total. The molecule has 3 aromatic carbocycles.